The summed E-state index contributed by atoms with van der Waals surface area (Å²) in [4.78, 5) is 9.11. The van der Waals surface area contributed by atoms with Crippen LogP contribution >= 0.6 is 0 Å². The number of para-hydroxylation sites is 2. The van der Waals surface area contributed by atoms with Crippen molar-refractivity contribution in [1.29, 1.82) is 0 Å². The van der Waals surface area contributed by atoms with Gasteiger partial charge in [0.15, 0.2) is 11.6 Å². The van der Waals surface area contributed by atoms with Gasteiger partial charge in [-0.1, -0.05) is 18.6 Å². The number of rotatable bonds is 3. The molecule has 2 aromatic rings. The number of aromatic nitrogens is 2. The summed E-state index contributed by atoms with van der Waals surface area (Å²) in [7, 11) is 0. The van der Waals surface area contributed by atoms with Crippen LogP contribution in [0.15, 0.2) is 24.3 Å². The third-order valence-corrected chi connectivity index (χ3v) is 5.40. The first-order valence-electron chi connectivity index (χ1n) is 7.99. The van der Waals surface area contributed by atoms with Crippen molar-refractivity contribution in [2.45, 2.75) is 38.6 Å². The lowest BCUT2D eigenvalue weighted by atomic mass is 9.84. The van der Waals surface area contributed by atoms with Gasteiger partial charge in [-0.3, -0.25) is 0 Å². The molecule has 1 aromatic carbocycles. The number of hydrogen-bond donors (Lipinski definition) is 2. The summed E-state index contributed by atoms with van der Waals surface area (Å²) in [6, 6.07) is 8.28. The van der Waals surface area contributed by atoms with Crippen molar-refractivity contribution in [3.05, 3.63) is 24.3 Å². The number of nitrogens with zero attached hydrogens (tertiary/aromatic N) is 2. The largest absolute Gasteiger partial charge is 0.381 e. The van der Waals surface area contributed by atoms with Crippen LogP contribution in [0, 0.1) is 17.8 Å². The maximum absolute atomic E-state index is 6.07. The Morgan fingerprint density at radius 2 is 1.90 bits per heavy atom. The lowest BCUT2D eigenvalue weighted by molar-refractivity contribution is 0.304. The molecule has 2 aliphatic carbocycles. The first-order chi connectivity index (χ1) is 10.2. The predicted octanol–water partition coefficient (Wildman–Crippen LogP) is 3.45. The second-order valence-corrected chi connectivity index (χ2v) is 6.72. The fourth-order valence-electron chi connectivity index (χ4n) is 4.35. The molecule has 0 radical (unpaired) electrons. The van der Waals surface area contributed by atoms with Gasteiger partial charge in [-0.2, -0.15) is 0 Å². The molecule has 4 nitrogen and oxygen atoms in total. The topological polar surface area (TPSA) is 63.8 Å². The predicted molar refractivity (Wildman–Crippen MR) is 86.0 cm³/mol. The third kappa shape index (κ3) is 2.23. The zero-order chi connectivity index (χ0) is 14.4. The van der Waals surface area contributed by atoms with Gasteiger partial charge in [-0.05, 0) is 56.1 Å². The third-order valence-electron chi connectivity index (χ3n) is 5.40. The Morgan fingerprint density at radius 1 is 1.14 bits per heavy atom. The van der Waals surface area contributed by atoms with Gasteiger partial charge in [0, 0.05) is 6.04 Å². The molecule has 0 amide bonds. The smallest absolute Gasteiger partial charge is 0.169 e. The van der Waals surface area contributed by atoms with E-state index >= 15 is 0 Å². The van der Waals surface area contributed by atoms with Crippen LogP contribution in [0.3, 0.4) is 0 Å². The fraction of sp³-hybridized carbons (Fsp3) is 0.529. The molecule has 0 spiro atoms. The summed E-state index contributed by atoms with van der Waals surface area (Å²) in [6.07, 6.45) is 5.63. The molecule has 2 aliphatic rings. The molecule has 2 saturated carbocycles. The molecule has 0 saturated heterocycles. The van der Waals surface area contributed by atoms with Gasteiger partial charge in [0.1, 0.15) is 0 Å². The van der Waals surface area contributed by atoms with Crippen molar-refractivity contribution in [3.63, 3.8) is 0 Å². The first kappa shape index (κ1) is 12.9. The monoisotopic (exact) mass is 282 g/mol. The highest BCUT2D eigenvalue weighted by atomic mass is 15.1. The number of nitrogen functional groups attached to an aromatic ring is 1. The highest BCUT2D eigenvalue weighted by molar-refractivity contribution is 5.79. The summed E-state index contributed by atoms with van der Waals surface area (Å²) >= 11 is 0. The van der Waals surface area contributed by atoms with Crippen LogP contribution in [0.5, 0.6) is 0 Å². The van der Waals surface area contributed by atoms with Crippen molar-refractivity contribution < 1.29 is 0 Å². The second kappa shape index (κ2) is 4.86. The average molecular weight is 282 g/mol. The Bertz CT molecular complexity index is 669. The zero-order valence-electron chi connectivity index (χ0n) is 12.4. The number of anilines is 2. The van der Waals surface area contributed by atoms with Gasteiger partial charge >= 0.3 is 0 Å². The minimum absolute atomic E-state index is 0.415. The average Bonchev–Trinajstić information content (AvgIpc) is 3.10. The number of nitrogens with two attached hydrogens (primary N) is 1. The van der Waals surface area contributed by atoms with Crippen molar-refractivity contribution in [3.8, 4) is 0 Å². The Balaban J connectivity index is 1.57. The van der Waals surface area contributed by atoms with Gasteiger partial charge in [0.05, 0.1) is 11.0 Å². The summed E-state index contributed by atoms with van der Waals surface area (Å²) in [5.41, 5.74) is 7.83. The van der Waals surface area contributed by atoms with Gasteiger partial charge in [-0.25, -0.2) is 9.97 Å². The lowest BCUT2D eigenvalue weighted by Crippen LogP contribution is -2.30. The first-order valence-corrected chi connectivity index (χ1v) is 7.99. The van der Waals surface area contributed by atoms with Crippen molar-refractivity contribution in [2.75, 3.05) is 11.1 Å². The van der Waals surface area contributed by atoms with E-state index in [4.69, 9.17) is 5.73 Å². The van der Waals surface area contributed by atoms with Crippen LogP contribution in [0.1, 0.15) is 32.6 Å². The molecule has 110 valence electrons. The second-order valence-electron chi connectivity index (χ2n) is 6.72. The molecule has 2 bridgehead atoms. The molecule has 2 fully saturated rings. The SMILES string of the molecule is CC(Nc1nc2ccccc2nc1N)C1CC2CCC1C2. The van der Waals surface area contributed by atoms with E-state index in [1.165, 1.54) is 25.7 Å². The Kier molecular flexibility index (Phi) is 2.98. The van der Waals surface area contributed by atoms with E-state index in [2.05, 4.69) is 22.2 Å². The molecule has 4 heteroatoms. The number of hydrogen-bond acceptors (Lipinski definition) is 4. The normalized spacial score (nSPS) is 28.9. The maximum atomic E-state index is 6.07. The maximum Gasteiger partial charge on any atom is 0.169 e. The fourth-order valence-corrected chi connectivity index (χ4v) is 4.35. The van der Waals surface area contributed by atoms with Gasteiger partial charge < -0.3 is 11.1 Å². The highest BCUT2D eigenvalue weighted by Crippen LogP contribution is 2.49. The van der Waals surface area contributed by atoms with Gasteiger partial charge in [0.2, 0.25) is 0 Å². The van der Waals surface area contributed by atoms with E-state index in [1.807, 2.05) is 24.3 Å². The number of benzene rings is 1. The quantitative estimate of drug-likeness (QED) is 0.905. The molecule has 4 atom stereocenters. The Labute approximate surface area is 125 Å². The van der Waals surface area contributed by atoms with Crippen LogP contribution in [0.25, 0.3) is 11.0 Å². The molecular formula is C17H22N4. The van der Waals surface area contributed by atoms with Crippen LogP contribution in [-0.2, 0) is 0 Å². The molecule has 1 aromatic heterocycles. The molecule has 1 heterocycles. The molecule has 4 unspecified atom stereocenters. The summed E-state index contributed by atoms with van der Waals surface area (Å²) in [5.74, 6) is 3.86. The lowest BCUT2D eigenvalue weighted by Gasteiger charge is -2.29. The van der Waals surface area contributed by atoms with E-state index < -0.39 is 0 Å². The van der Waals surface area contributed by atoms with Crippen LogP contribution < -0.4 is 11.1 Å². The van der Waals surface area contributed by atoms with Crippen LogP contribution in [0.4, 0.5) is 11.6 Å². The van der Waals surface area contributed by atoms with E-state index in [0.717, 1.165) is 34.6 Å². The molecular weight excluding hydrogens is 260 g/mol. The van der Waals surface area contributed by atoms with E-state index in [0.29, 0.717) is 11.9 Å². The Hall–Kier alpha value is -1.84. The van der Waals surface area contributed by atoms with Crippen molar-refractivity contribution >= 4 is 22.7 Å². The standard InChI is InChI=1S/C17H22N4/c1-10(13-9-11-6-7-12(13)8-11)19-17-16(18)20-14-4-2-3-5-15(14)21-17/h2-5,10-13H,6-9H2,1H3,(H2,18,20)(H,19,21). The van der Waals surface area contributed by atoms with Gasteiger partial charge in [0.25, 0.3) is 0 Å². The van der Waals surface area contributed by atoms with Crippen molar-refractivity contribution in [1.82, 2.24) is 9.97 Å². The van der Waals surface area contributed by atoms with Crippen LogP contribution in [-0.4, -0.2) is 16.0 Å². The number of fused-ring (bicyclic) bond motifs is 3. The Morgan fingerprint density at radius 3 is 2.57 bits per heavy atom. The summed E-state index contributed by atoms with van der Waals surface area (Å²) in [5, 5.41) is 3.53. The molecule has 4 rings (SSSR count). The van der Waals surface area contributed by atoms with Crippen LogP contribution in [0.2, 0.25) is 0 Å². The minimum atomic E-state index is 0.415. The van der Waals surface area contributed by atoms with Gasteiger partial charge in [-0.15, -0.1) is 0 Å². The zero-order valence-corrected chi connectivity index (χ0v) is 12.4. The summed E-state index contributed by atoms with van der Waals surface area (Å²) in [6.45, 7) is 2.27. The van der Waals surface area contributed by atoms with E-state index in [-0.39, 0.29) is 0 Å². The summed E-state index contributed by atoms with van der Waals surface area (Å²) < 4.78 is 0. The minimum Gasteiger partial charge on any atom is -0.381 e. The van der Waals surface area contributed by atoms with E-state index in [9.17, 15) is 0 Å². The number of nitrogens with one attached hydrogen (secondary N) is 1. The highest BCUT2D eigenvalue weighted by Gasteiger charge is 2.41. The van der Waals surface area contributed by atoms with E-state index in [1.54, 1.807) is 0 Å². The molecule has 3 N–H and O–H groups in total. The molecule has 21 heavy (non-hydrogen) atoms. The molecule has 0 aliphatic heterocycles. The van der Waals surface area contributed by atoms with Crippen molar-refractivity contribution in [2.24, 2.45) is 17.8 Å².